The van der Waals surface area contributed by atoms with Crippen LogP contribution in [-0.4, -0.2) is 34.9 Å². The second-order valence-electron chi connectivity index (χ2n) is 5.66. The summed E-state index contributed by atoms with van der Waals surface area (Å²) in [5.41, 5.74) is 0.278. The monoisotopic (exact) mass is 373 g/mol. The fraction of sp³-hybridized carbons (Fsp3) is 0.158. The van der Waals surface area contributed by atoms with Gasteiger partial charge in [-0.25, -0.2) is 9.18 Å². The molecule has 0 unspecified atom stereocenters. The second kappa shape index (κ2) is 7.46. The van der Waals surface area contributed by atoms with Crippen LogP contribution < -0.4 is 10.1 Å². The molecule has 1 heterocycles. The fourth-order valence-corrected chi connectivity index (χ4v) is 2.60. The van der Waals surface area contributed by atoms with Crippen molar-refractivity contribution in [3.63, 3.8) is 0 Å². The highest BCUT2D eigenvalue weighted by molar-refractivity contribution is 6.12. The number of Topliss-reactive ketones (excluding diaryl/α,β-unsaturated/α-hetero) is 1. The van der Waals surface area contributed by atoms with Gasteiger partial charge >= 0.3 is 5.97 Å². The van der Waals surface area contributed by atoms with E-state index in [2.05, 4.69) is 5.32 Å². The van der Waals surface area contributed by atoms with E-state index in [9.17, 15) is 19.1 Å². The van der Waals surface area contributed by atoms with Crippen LogP contribution in [0.3, 0.4) is 0 Å². The van der Waals surface area contributed by atoms with Crippen LogP contribution in [0.5, 0.6) is 11.5 Å². The number of phenols is 1. The number of hydrogen-bond donors (Lipinski definition) is 3. The zero-order valence-corrected chi connectivity index (χ0v) is 14.2. The normalized spacial score (nSPS) is 17.3. The molecule has 0 saturated heterocycles. The molecule has 27 heavy (non-hydrogen) atoms. The Morgan fingerprint density at radius 3 is 2.78 bits per heavy atom. The van der Waals surface area contributed by atoms with Crippen LogP contribution in [-0.2, 0) is 4.74 Å². The largest absolute Gasteiger partial charge is 0.507 e. The number of ether oxygens (including phenoxy) is 2. The van der Waals surface area contributed by atoms with Gasteiger partial charge in [-0.2, -0.15) is 0 Å². The number of benzene rings is 2. The van der Waals surface area contributed by atoms with Gasteiger partial charge in [0.15, 0.2) is 0 Å². The van der Waals surface area contributed by atoms with Gasteiger partial charge in [0.1, 0.15) is 22.9 Å². The molecule has 0 aromatic heterocycles. The Morgan fingerprint density at radius 2 is 2.11 bits per heavy atom. The highest BCUT2D eigenvalue weighted by atomic mass is 19.1. The second-order valence-corrected chi connectivity index (χ2v) is 5.66. The molecule has 7 nitrogen and oxygen atoms in total. The number of aromatic hydroxyl groups is 1. The molecule has 0 fully saturated rings. The van der Waals surface area contributed by atoms with E-state index in [0.717, 1.165) is 6.07 Å². The number of aromatic carboxylic acids is 1. The Kier molecular flexibility index (Phi) is 5.09. The van der Waals surface area contributed by atoms with Gasteiger partial charge in [-0.15, -0.1) is 0 Å². The van der Waals surface area contributed by atoms with Crippen molar-refractivity contribution < 1.29 is 33.7 Å². The lowest BCUT2D eigenvalue weighted by atomic mass is 9.99. The predicted molar refractivity (Wildman–Crippen MR) is 93.5 cm³/mol. The summed E-state index contributed by atoms with van der Waals surface area (Å²) >= 11 is 0. The average Bonchev–Trinajstić information content (AvgIpc) is 2.62. The van der Waals surface area contributed by atoms with Crippen molar-refractivity contribution in [3.05, 3.63) is 65.1 Å². The van der Waals surface area contributed by atoms with Gasteiger partial charge in [-0.1, -0.05) is 0 Å². The third-order valence-corrected chi connectivity index (χ3v) is 3.88. The summed E-state index contributed by atoms with van der Waals surface area (Å²) < 4.78 is 24.6. The minimum absolute atomic E-state index is 0.0723. The molecule has 0 radical (unpaired) electrons. The smallest absolute Gasteiger partial charge is 0.339 e. The number of carboxylic acid groups (broad SMARTS) is 1. The van der Waals surface area contributed by atoms with E-state index >= 15 is 0 Å². The summed E-state index contributed by atoms with van der Waals surface area (Å²) in [6.45, 7) is 2.02. The Balaban J connectivity index is 1.91. The highest BCUT2D eigenvalue weighted by Gasteiger charge is 2.32. The lowest BCUT2D eigenvalue weighted by molar-refractivity contribution is -0.0510. The van der Waals surface area contributed by atoms with E-state index in [-0.39, 0.29) is 29.1 Å². The maximum absolute atomic E-state index is 13.5. The first-order valence-electron chi connectivity index (χ1n) is 8.06. The minimum Gasteiger partial charge on any atom is -0.507 e. The van der Waals surface area contributed by atoms with Crippen LogP contribution >= 0.6 is 0 Å². The molecule has 0 amide bonds. The molecule has 0 aliphatic carbocycles. The molecular weight excluding hydrogens is 357 g/mol. The molecule has 8 heteroatoms. The molecule has 2 aromatic rings. The molecule has 0 saturated carbocycles. The number of ketones is 1. The maximum atomic E-state index is 13.5. The Morgan fingerprint density at radius 1 is 1.33 bits per heavy atom. The predicted octanol–water partition coefficient (Wildman–Crippen LogP) is 3.16. The third kappa shape index (κ3) is 3.75. The van der Waals surface area contributed by atoms with Gasteiger partial charge in [0.05, 0.1) is 11.1 Å². The van der Waals surface area contributed by atoms with E-state index in [1.165, 1.54) is 36.5 Å². The molecular formula is C19H16FNO6. The van der Waals surface area contributed by atoms with Crippen molar-refractivity contribution in [2.24, 2.45) is 0 Å². The van der Waals surface area contributed by atoms with E-state index in [1.54, 1.807) is 6.92 Å². The van der Waals surface area contributed by atoms with E-state index in [1.807, 2.05) is 0 Å². The average molecular weight is 373 g/mol. The minimum atomic E-state index is -1.26. The summed E-state index contributed by atoms with van der Waals surface area (Å²) in [7, 11) is 0. The van der Waals surface area contributed by atoms with Gasteiger partial charge in [0.25, 0.3) is 0 Å². The number of hydrogen-bond acceptors (Lipinski definition) is 6. The number of carbonyl (C=O) groups excluding carboxylic acids is 1. The lowest BCUT2D eigenvalue weighted by Crippen LogP contribution is -2.33. The first-order chi connectivity index (χ1) is 12.9. The van der Waals surface area contributed by atoms with Crippen molar-refractivity contribution in [1.29, 1.82) is 0 Å². The summed E-state index contributed by atoms with van der Waals surface area (Å²) in [5.74, 6) is -2.50. The van der Waals surface area contributed by atoms with Gasteiger partial charge in [0, 0.05) is 24.6 Å². The maximum Gasteiger partial charge on any atom is 0.339 e. The fourth-order valence-electron chi connectivity index (χ4n) is 2.60. The first-order valence-corrected chi connectivity index (χ1v) is 8.06. The summed E-state index contributed by atoms with van der Waals surface area (Å²) in [6.07, 6.45) is 0.339. The number of nitrogens with one attached hydrogen (secondary N) is 1. The number of rotatable bonds is 5. The molecule has 1 aliphatic rings. The number of fused-ring (bicyclic) bond motifs is 1. The molecule has 3 rings (SSSR count). The van der Waals surface area contributed by atoms with Gasteiger partial charge in [-0.05, 0) is 37.3 Å². The summed E-state index contributed by atoms with van der Waals surface area (Å²) in [4.78, 5) is 23.7. The molecule has 0 spiro atoms. The summed E-state index contributed by atoms with van der Waals surface area (Å²) in [5, 5.41) is 21.5. The van der Waals surface area contributed by atoms with Gasteiger partial charge < -0.3 is 25.0 Å². The molecule has 2 aromatic carbocycles. The van der Waals surface area contributed by atoms with Crippen LogP contribution in [0.1, 0.15) is 27.6 Å². The van der Waals surface area contributed by atoms with E-state index < -0.39 is 29.6 Å². The molecule has 1 atom stereocenters. The number of halogens is 1. The van der Waals surface area contributed by atoms with Crippen molar-refractivity contribution >= 4 is 17.4 Å². The van der Waals surface area contributed by atoms with Crippen molar-refractivity contribution in [2.45, 2.75) is 13.2 Å². The topological polar surface area (TPSA) is 105 Å². The number of carboxylic acids is 1. The lowest BCUT2D eigenvalue weighted by Gasteiger charge is -2.27. The number of anilines is 1. The number of carbonyl (C=O) groups is 2. The van der Waals surface area contributed by atoms with E-state index in [4.69, 9.17) is 14.6 Å². The van der Waals surface area contributed by atoms with Crippen LogP contribution in [0, 0.1) is 5.82 Å². The Hall–Kier alpha value is -3.39. The molecule has 3 N–H and O–H groups in total. The highest BCUT2D eigenvalue weighted by Crippen LogP contribution is 2.32. The first kappa shape index (κ1) is 18.4. The van der Waals surface area contributed by atoms with Crippen molar-refractivity contribution in [2.75, 3.05) is 11.9 Å². The molecule has 140 valence electrons. The van der Waals surface area contributed by atoms with Crippen LogP contribution in [0.2, 0.25) is 0 Å². The Labute approximate surface area is 153 Å². The zero-order chi connectivity index (χ0) is 19.6. The molecule has 0 bridgehead atoms. The summed E-state index contributed by atoms with van der Waals surface area (Å²) in [6, 6.07) is 7.50. The van der Waals surface area contributed by atoms with E-state index in [0.29, 0.717) is 5.69 Å². The van der Waals surface area contributed by atoms with Gasteiger partial charge in [0.2, 0.25) is 12.1 Å². The van der Waals surface area contributed by atoms with Crippen LogP contribution in [0.4, 0.5) is 10.1 Å². The quantitative estimate of drug-likeness (QED) is 0.692. The SMILES string of the molecule is CCO[C@@H]1Oc2ccc(F)cc2C(=O)/C1=C\Nc1ccc(C(=O)O)c(O)c1. The zero-order valence-electron chi connectivity index (χ0n) is 14.2. The Bertz CT molecular complexity index is 940. The van der Waals surface area contributed by atoms with Crippen molar-refractivity contribution in [3.8, 4) is 11.5 Å². The van der Waals surface area contributed by atoms with Crippen LogP contribution in [0.15, 0.2) is 48.2 Å². The molecule has 1 aliphatic heterocycles. The third-order valence-electron chi connectivity index (χ3n) is 3.88. The van der Waals surface area contributed by atoms with Crippen LogP contribution in [0.25, 0.3) is 0 Å². The standard InChI is InChI=1S/C19H16FNO6/c1-2-26-19-14(17(23)13-7-10(20)3-6-16(13)27-19)9-21-11-4-5-12(18(24)25)15(22)8-11/h3-9,19,21-22H,2H2,1H3,(H,24,25)/b14-9+/t19-/m1/s1. The van der Waals surface area contributed by atoms with Crippen molar-refractivity contribution in [1.82, 2.24) is 0 Å². The van der Waals surface area contributed by atoms with Gasteiger partial charge in [-0.3, -0.25) is 4.79 Å².